The van der Waals surface area contributed by atoms with E-state index in [9.17, 15) is 0 Å². The Morgan fingerprint density at radius 2 is 2.19 bits per heavy atom. The Labute approximate surface area is 125 Å². The van der Waals surface area contributed by atoms with Gasteiger partial charge in [-0.1, -0.05) is 13.0 Å². The van der Waals surface area contributed by atoms with E-state index in [1.165, 1.54) is 5.56 Å². The summed E-state index contributed by atoms with van der Waals surface area (Å²) in [5.41, 5.74) is 7.17. The first-order chi connectivity index (χ1) is 10.2. The molecule has 0 spiro atoms. The maximum atomic E-state index is 6.01. The van der Waals surface area contributed by atoms with Crippen LogP contribution < -0.4 is 15.2 Å². The number of methoxy groups -OCH3 is 1. The van der Waals surface area contributed by atoms with Crippen LogP contribution in [-0.2, 0) is 13.0 Å². The average molecular weight is 289 g/mol. The van der Waals surface area contributed by atoms with Gasteiger partial charge in [0.2, 0.25) is 0 Å². The minimum atomic E-state index is 0.176. The number of rotatable bonds is 8. The summed E-state index contributed by atoms with van der Waals surface area (Å²) in [6.45, 7) is 3.34. The summed E-state index contributed by atoms with van der Waals surface area (Å²) >= 11 is 0. The second-order valence-electron chi connectivity index (χ2n) is 4.98. The normalized spacial score (nSPS) is 12.1. The number of hydrogen-bond acceptors (Lipinski definition) is 4. The summed E-state index contributed by atoms with van der Waals surface area (Å²) in [5, 5.41) is 4.15. The first kappa shape index (κ1) is 15.4. The number of hydrogen-bond donors (Lipinski definition) is 1. The van der Waals surface area contributed by atoms with Gasteiger partial charge in [0.15, 0.2) is 11.5 Å². The lowest BCUT2D eigenvalue weighted by molar-refractivity contribution is 0.274. The van der Waals surface area contributed by atoms with Gasteiger partial charge in [-0.05, 0) is 36.6 Å². The molecule has 1 aromatic heterocycles. The highest BCUT2D eigenvalue weighted by molar-refractivity contribution is 5.43. The Kier molecular flexibility index (Phi) is 5.63. The molecule has 1 heterocycles. The molecule has 0 fully saturated rings. The smallest absolute Gasteiger partial charge is 0.161 e. The van der Waals surface area contributed by atoms with Crippen molar-refractivity contribution in [1.82, 2.24) is 9.78 Å². The van der Waals surface area contributed by atoms with Crippen molar-refractivity contribution in [3.05, 3.63) is 42.2 Å². The van der Waals surface area contributed by atoms with E-state index in [1.54, 1.807) is 13.3 Å². The van der Waals surface area contributed by atoms with Crippen molar-refractivity contribution < 1.29 is 9.47 Å². The summed E-state index contributed by atoms with van der Waals surface area (Å²) in [6, 6.07) is 8.05. The van der Waals surface area contributed by atoms with Gasteiger partial charge in [-0.3, -0.25) is 4.68 Å². The lowest BCUT2D eigenvalue weighted by Crippen LogP contribution is -2.21. The highest BCUT2D eigenvalue weighted by Gasteiger charge is 2.08. The molecule has 5 heteroatoms. The van der Waals surface area contributed by atoms with Crippen LogP contribution in [0.5, 0.6) is 11.5 Å². The average Bonchev–Trinajstić information content (AvgIpc) is 3.01. The van der Waals surface area contributed by atoms with Gasteiger partial charge in [-0.15, -0.1) is 0 Å². The molecule has 0 radical (unpaired) electrons. The fourth-order valence-electron chi connectivity index (χ4n) is 2.09. The van der Waals surface area contributed by atoms with Crippen LogP contribution >= 0.6 is 0 Å². The molecule has 5 nitrogen and oxygen atoms in total. The van der Waals surface area contributed by atoms with E-state index >= 15 is 0 Å². The Morgan fingerprint density at radius 3 is 2.86 bits per heavy atom. The van der Waals surface area contributed by atoms with Crippen molar-refractivity contribution in [3.8, 4) is 11.5 Å². The predicted octanol–water partition coefficient (Wildman–Crippen LogP) is 2.25. The molecule has 21 heavy (non-hydrogen) atoms. The van der Waals surface area contributed by atoms with E-state index in [-0.39, 0.29) is 6.04 Å². The van der Waals surface area contributed by atoms with Gasteiger partial charge in [-0.25, -0.2) is 0 Å². The lowest BCUT2D eigenvalue weighted by Gasteiger charge is -2.14. The van der Waals surface area contributed by atoms with Crippen LogP contribution in [0.2, 0.25) is 0 Å². The largest absolute Gasteiger partial charge is 0.493 e. The maximum Gasteiger partial charge on any atom is 0.161 e. The fourth-order valence-corrected chi connectivity index (χ4v) is 2.09. The molecule has 2 aromatic rings. The van der Waals surface area contributed by atoms with Gasteiger partial charge in [0.1, 0.15) is 6.61 Å². The number of ether oxygens (including phenoxy) is 2. The molecule has 2 rings (SSSR count). The number of nitrogens with two attached hydrogens (primary N) is 1. The molecule has 114 valence electrons. The van der Waals surface area contributed by atoms with Crippen molar-refractivity contribution in [2.75, 3.05) is 13.7 Å². The second-order valence-corrected chi connectivity index (χ2v) is 4.98. The van der Waals surface area contributed by atoms with Crippen LogP contribution in [0, 0.1) is 0 Å². The van der Waals surface area contributed by atoms with Crippen LogP contribution in [0.4, 0.5) is 0 Å². The van der Waals surface area contributed by atoms with E-state index in [0.717, 1.165) is 24.3 Å². The lowest BCUT2D eigenvalue weighted by atomic mass is 10.0. The van der Waals surface area contributed by atoms with Gasteiger partial charge < -0.3 is 15.2 Å². The van der Waals surface area contributed by atoms with Crippen molar-refractivity contribution in [2.24, 2.45) is 5.73 Å². The minimum Gasteiger partial charge on any atom is -0.493 e. The molecular weight excluding hydrogens is 266 g/mol. The summed E-state index contributed by atoms with van der Waals surface area (Å²) in [5.74, 6) is 1.50. The Morgan fingerprint density at radius 1 is 1.33 bits per heavy atom. The molecule has 0 aliphatic carbocycles. The molecule has 0 saturated carbocycles. The van der Waals surface area contributed by atoms with Gasteiger partial charge in [-0.2, -0.15) is 5.10 Å². The first-order valence-electron chi connectivity index (χ1n) is 7.25. The van der Waals surface area contributed by atoms with E-state index in [4.69, 9.17) is 15.2 Å². The Balaban J connectivity index is 1.99. The van der Waals surface area contributed by atoms with Crippen molar-refractivity contribution in [3.63, 3.8) is 0 Å². The number of benzene rings is 1. The van der Waals surface area contributed by atoms with E-state index in [1.807, 2.05) is 35.1 Å². The molecule has 0 aliphatic rings. The molecular formula is C16H23N3O2. The fraction of sp³-hybridized carbons (Fsp3) is 0.438. The molecule has 1 atom stereocenters. The highest BCUT2D eigenvalue weighted by Crippen LogP contribution is 2.28. The van der Waals surface area contributed by atoms with Crippen molar-refractivity contribution in [1.29, 1.82) is 0 Å². The van der Waals surface area contributed by atoms with Gasteiger partial charge in [0, 0.05) is 18.4 Å². The summed E-state index contributed by atoms with van der Waals surface area (Å²) in [7, 11) is 1.65. The second kappa shape index (κ2) is 7.69. The molecule has 0 saturated heterocycles. The van der Waals surface area contributed by atoms with Crippen LogP contribution in [-0.4, -0.2) is 29.5 Å². The molecule has 2 N–H and O–H groups in total. The van der Waals surface area contributed by atoms with Crippen LogP contribution in [0.3, 0.4) is 0 Å². The third-order valence-electron chi connectivity index (χ3n) is 3.39. The quantitative estimate of drug-likeness (QED) is 0.809. The van der Waals surface area contributed by atoms with Crippen molar-refractivity contribution >= 4 is 0 Å². The highest BCUT2D eigenvalue weighted by atomic mass is 16.5. The van der Waals surface area contributed by atoms with Crippen LogP contribution in [0.1, 0.15) is 18.9 Å². The summed E-state index contributed by atoms with van der Waals surface area (Å²) in [4.78, 5) is 0. The zero-order chi connectivity index (χ0) is 15.1. The molecule has 0 aliphatic heterocycles. The molecule has 1 unspecified atom stereocenters. The first-order valence-corrected chi connectivity index (χ1v) is 7.25. The van der Waals surface area contributed by atoms with Gasteiger partial charge in [0.05, 0.1) is 13.7 Å². The van der Waals surface area contributed by atoms with Crippen LogP contribution in [0.25, 0.3) is 0 Å². The monoisotopic (exact) mass is 289 g/mol. The topological polar surface area (TPSA) is 62.3 Å². The number of aromatic nitrogens is 2. The van der Waals surface area contributed by atoms with Crippen LogP contribution in [0.15, 0.2) is 36.7 Å². The summed E-state index contributed by atoms with van der Waals surface area (Å²) < 4.78 is 13.0. The predicted molar refractivity (Wildman–Crippen MR) is 82.7 cm³/mol. The third-order valence-corrected chi connectivity index (χ3v) is 3.39. The van der Waals surface area contributed by atoms with E-state index in [2.05, 4.69) is 12.0 Å². The Bertz CT molecular complexity index is 540. The zero-order valence-corrected chi connectivity index (χ0v) is 12.7. The molecule has 0 bridgehead atoms. The molecule has 1 aromatic carbocycles. The standard InChI is InChI=1S/C16H23N3O2/c1-3-14(17)11-13-5-6-15(20-2)16(12-13)21-10-9-19-8-4-7-18-19/h4-8,12,14H,3,9-11,17H2,1-2H3. The number of nitrogens with zero attached hydrogens (tertiary/aromatic N) is 2. The van der Waals surface area contributed by atoms with E-state index in [0.29, 0.717) is 13.2 Å². The van der Waals surface area contributed by atoms with Gasteiger partial charge in [0.25, 0.3) is 0 Å². The zero-order valence-electron chi connectivity index (χ0n) is 12.7. The Hall–Kier alpha value is -2.01. The maximum absolute atomic E-state index is 6.01. The van der Waals surface area contributed by atoms with Crippen molar-refractivity contribution in [2.45, 2.75) is 32.4 Å². The summed E-state index contributed by atoms with van der Waals surface area (Å²) in [6.07, 6.45) is 5.47. The minimum absolute atomic E-state index is 0.176. The third kappa shape index (κ3) is 4.49. The SMILES string of the molecule is CCC(N)Cc1ccc(OC)c(OCCn2cccn2)c1. The van der Waals surface area contributed by atoms with E-state index < -0.39 is 0 Å². The van der Waals surface area contributed by atoms with Gasteiger partial charge >= 0.3 is 0 Å². The molecule has 0 amide bonds.